The number of aryl methyl sites for hydroxylation is 1. The highest BCUT2D eigenvalue weighted by Crippen LogP contribution is 2.17. The van der Waals surface area contributed by atoms with Gasteiger partial charge in [0.05, 0.1) is 0 Å². The van der Waals surface area contributed by atoms with E-state index in [0.29, 0.717) is 24.6 Å². The van der Waals surface area contributed by atoms with E-state index in [9.17, 15) is 9.59 Å². The van der Waals surface area contributed by atoms with Crippen molar-refractivity contribution in [3.8, 4) is 0 Å². The van der Waals surface area contributed by atoms with Crippen molar-refractivity contribution >= 4 is 11.8 Å². The van der Waals surface area contributed by atoms with Crippen molar-refractivity contribution < 1.29 is 9.59 Å². The summed E-state index contributed by atoms with van der Waals surface area (Å²) in [5.74, 6) is 0.0323. The Bertz CT molecular complexity index is 513. The molecule has 1 heterocycles. The number of hydrogen-bond donors (Lipinski definition) is 1. The zero-order valence-electron chi connectivity index (χ0n) is 12.9. The van der Waals surface area contributed by atoms with Crippen LogP contribution in [-0.2, 0) is 4.79 Å². The minimum Gasteiger partial charge on any atom is -0.352 e. The van der Waals surface area contributed by atoms with Crippen molar-refractivity contribution in [1.29, 1.82) is 0 Å². The van der Waals surface area contributed by atoms with Crippen molar-refractivity contribution in [2.45, 2.75) is 45.6 Å². The van der Waals surface area contributed by atoms with Crippen LogP contribution < -0.4 is 5.32 Å². The molecule has 114 valence electrons. The zero-order chi connectivity index (χ0) is 15.2. The number of amides is 2. The standard InChI is InChI=1S/C17H24N2O2/c1-13-6-5-8-15(12-13)17(21)18-10-9-16(20)19-11-4-3-7-14(19)2/h5-6,8,12,14H,3-4,7,9-11H2,1-2H3,(H,18,21)/t14-/m0/s1. The lowest BCUT2D eigenvalue weighted by atomic mass is 10.0. The van der Waals surface area contributed by atoms with Crippen LogP contribution in [0.25, 0.3) is 0 Å². The summed E-state index contributed by atoms with van der Waals surface area (Å²) in [4.78, 5) is 26.1. The highest BCUT2D eigenvalue weighted by molar-refractivity contribution is 5.94. The maximum atomic E-state index is 12.2. The normalized spacial score (nSPS) is 18.4. The molecule has 4 heteroatoms. The lowest BCUT2D eigenvalue weighted by Crippen LogP contribution is -2.43. The van der Waals surface area contributed by atoms with E-state index in [1.165, 1.54) is 6.42 Å². The molecule has 0 bridgehead atoms. The minimum absolute atomic E-state index is 0.113. The molecule has 0 radical (unpaired) electrons. The smallest absolute Gasteiger partial charge is 0.251 e. The molecule has 1 N–H and O–H groups in total. The molecule has 1 fully saturated rings. The number of piperidine rings is 1. The largest absolute Gasteiger partial charge is 0.352 e. The van der Waals surface area contributed by atoms with Crippen LogP contribution in [0.2, 0.25) is 0 Å². The molecule has 21 heavy (non-hydrogen) atoms. The number of benzene rings is 1. The topological polar surface area (TPSA) is 49.4 Å². The van der Waals surface area contributed by atoms with Gasteiger partial charge in [-0.15, -0.1) is 0 Å². The second-order valence-corrected chi connectivity index (χ2v) is 5.81. The molecular formula is C17H24N2O2. The fourth-order valence-corrected chi connectivity index (χ4v) is 2.78. The number of hydrogen-bond acceptors (Lipinski definition) is 2. The molecule has 1 saturated heterocycles. The molecule has 0 aliphatic carbocycles. The zero-order valence-corrected chi connectivity index (χ0v) is 12.9. The van der Waals surface area contributed by atoms with Crippen LogP contribution >= 0.6 is 0 Å². The molecule has 1 aromatic carbocycles. The van der Waals surface area contributed by atoms with Crippen LogP contribution in [0.5, 0.6) is 0 Å². The van der Waals surface area contributed by atoms with E-state index in [1.54, 1.807) is 6.07 Å². The Kier molecular flexibility index (Phi) is 5.37. The average Bonchev–Trinajstić information content (AvgIpc) is 2.47. The van der Waals surface area contributed by atoms with E-state index in [4.69, 9.17) is 0 Å². The lowest BCUT2D eigenvalue weighted by molar-refractivity contribution is -0.134. The molecule has 1 aliphatic heterocycles. The molecule has 1 aliphatic rings. The van der Waals surface area contributed by atoms with Gasteiger partial charge in [-0.1, -0.05) is 17.7 Å². The van der Waals surface area contributed by atoms with Crippen molar-refractivity contribution in [2.24, 2.45) is 0 Å². The van der Waals surface area contributed by atoms with Crippen LogP contribution in [0.15, 0.2) is 24.3 Å². The number of rotatable bonds is 4. The molecule has 2 rings (SSSR count). The second-order valence-electron chi connectivity index (χ2n) is 5.81. The first-order valence-corrected chi connectivity index (χ1v) is 7.72. The molecule has 1 aromatic rings. The maximum absolute atomic E-state index is 12.2. The summed E-state index contributed by atoms with van der Waals surface area (Å²) in [7, 11) is 0. The fraction of sp³-hybridized carbons (Fsp3) is 0.529. The van der Waals surface area contributed by atoms with E-state index in [1.807, 2.05) is 30.0 Å². The predicted molar refractivity (Wildman–Crippen MR) is 83.2 cm³/mol. The third-order valence-electron chi connectivity index (χ3n) is 4.03. The summed E-state index contributed by atoms with van der Waals surface area (Å²) >= 11 is 0. The van der Waals surface area contributed by atoms with Crippen molar-refractivity contribution in [1.82, 2.24) is 10.2 Å². The quantitative estimate of drug-likeness (QED) is 0.925. The van der Waals surface area contributed by atoms with Gasteiger partial charge in [0, 0.05) is 31.1 Å². The molecule has 0 saturated carbocycles. The minimum atomic E-state index is -0.113. The van der Waals surface area contributed by atoms with Crippen LogP contribution in [-0.4, -0.2) is 35.8 Å². The van der Waals surface area contributed by atoms with Gasteiger partial charge in [-0.3, -0.25) is 9.59 Å². The van der Waals surface area contributed by atoms with Gasteiger partial charge in [0.1, 0.15) is 0 Å². The summed E-state index contributed by atoms with van der Waals surface area (Å²) in [5.41, 5.74) is 1.70. The van der Waals surface area contributed by atoms with E-state index in [0.717, 1.165) is 24.9 Å². The van der Waals surface area contributed by atoms with Gasteiger partial charge < -0.3 is 10.2 Å². The summed E-state index contributed by atoms with van der Waals surface area (Å²) in [6.07, 6.45) is 3.75. The number of nitrogens with zero attached hydrogens (tertiary/aromatic N) is 1. The Hall–Kier alpha value is -1.84. The Morgan fingerprint density at radius 3 is 2.86 bits per heavy atom. The Balaban J connectivity index is 1.78. The van der Waals surface area contributed by atoms with E-state index < -0.39 is 0 Å². The summed E-state index contributed by atoms with van der Waals surface area (Å²) in [5, 5.41) is 2.82. The Labute approximate surface area is 126 Å². The number of nitrogens with one attached hydrogen (secondary N) is 1. The van der Waals surface area contributed by atoms with Gasteiger partial charge in [-0.25, -0.2) is 0 Å². The average molecular weight is 288 g/mol. The van der Waals surface area contributed by atoms with E-state index in [-0.39, 0.29) is 11.8 Å². The van der Waals surface area contributed by atoms with E-state index >= 15 is 0 Å². The number of carbonyl (C=O) groups excluding carboxylic acids is 2. The third kappa shape index (κ3) is 4.31. The first-order chi connectivity index (χ1) is 10.1. The molecule has 2 amide bonds. The lowest BCUT2D eigenvalue weighted by Gasteiger charge is -2.33. The van der Waals surface area contributed by atoms with Crippen molar-refractivity contribution in [3.05, 3.63) is 35.4 Å². The number of carbonyl (C=O) groups is 2. The Morgan fingerprint density at radius 2 is 2.14 bits per heavy atom. The van der Waals surface area contributed by atoms with Gasteiger partial charge in [-0.05, 0) is 45.2 Å². The monoisotopic (exact) mass is 288 g/mol. The second kappa shape index (κ2) is 7.25. The SMILES string of the molecule is Cc1cccc(C(=O)NCCC(=O)N2CCCC[C@@H]2C)c1. The van der Waals surface area contributed by atoms with Gasteiger partial charge >= 0.3 is 0 Å². The fourth-order valence-electron chi connectivity index (χ4n) is 2.78. The van der Waals surface area contributed by atoms with Crippen LogP contribution in [0.3, 0.4) is 0 Å². The van der Waals surface area contributed by atoms with Crippen LogP contribution in [0.4, 0.5) is 0 Å². The first kappa shape index (κ1) is 15.5. The van der Waals surface area contributed by atoms with Gasteiger partial charge in [-0.2, -0.15) is 0 Å². The first-order valence-electron chi connectivity index (χ1n) is 7.72. The van der Waals surface area contributed by atoms with Crippen molar-refractivity contribution in [3.63, 3.8) is 0 Å². The van der Waals surface area contributed by atoms with Gasteiger partial charge in [0.15, 0.2) is 0 Å². The summed E-state index contributed by atoms with van der Waals surface area (Å²) in [6, 6.07) is 7.79. The molecule has 0 unspecified atom stereocenters. The Morgan fingerprint density at radius 1 is 1.33 bits per heavy atom. The van der Waals surface area contributed by atoms with Gasteiger partial charge in [0.2, 0.25) is 5.91 Å². The third-order valence-corrected chi connectivity index (χ3v) is 4.03. The molecule has 0 spiro atoms. The molecule has 0 aromatic heterocycles. The molecule has 1 atom stereocenters. The predicted octanol–water partition coefficient (Wildman–Crippen LogP) is 2.52. The molecular weight excluding hydrogens is 264 g/mol. The maximum Gasteiger partial charge on any atom is 0.251 e. The van der Waals surface area contributed by atoms with Crippen LogP contribution in [0.1, 0.15) is 48.5 Å². The summed E-state index contributed by atoms with van der Waals surface area (Å²) in [6.45, 7) is 5.31. The number of likely N-dealkylation sites (tertiary alicyclic amines) is 1. The van der Waals surface area contributed by atoms with Gasteiger partial charge in [0.25, 0.3) is 5.91 Å². The molecule has 4 nitrogen and oxygen atoms in total. The summed E-state index contributed by atoms with van der Waals surface area (Å²) < 4.78 is 0. The highest BCUT2D eigenvalue weighted by atomic mass is 16.2. The van der Waals surface area contributed by atoms with Crippen LogP contribution in [0, 0.1) is 6.92 Å². The van der Waals surface area contributed by atoms with E-state index in [2.05, 4.69) is 12.2 Å². The highest BCUT2D eigenvalue weighted by Gasteiger charge is 2.22. The van der Waals surface area contributed by atoms with Crippen molar-refractivity contribution in [2.75, 3.05) is 13.1 Å².